The van der Waals surface area contributed by atoms with Crippen LogP contribution < -0.4 is 10.3 Å². The number of nitrogens with two attached hydrogens (primary N) is 1. The first kappa shape index (κ1) is 11.2. The zero-order chi connectivity index (χ0) is 12.7. The highest BCUT2D eigenvalue weighted by molar-refractivity contribution is 9.10. The molecule has 2 N–H and O–H groups in total. The van der Waals surface area contributed by atoms with Gasteiger partial charge in [0.2, 0.25) is 5.89 Å². The lowest BCUT2D eigenvalue weighted by Gasteiger charge is -1.94. The summed E-state index contributed by atoms with van der Waals surface area (Å²) in [7, 11) is 1.95. The van der Waals surface area contributed by atoms with Gasteiger partial charge in [0.15, 0.2) is 18.0 Å². The van der Waals surface area contributed by atoms with Gasteiger partial charge in [-0.05, 0) is 34.1 Å². The molecule has 4 nitrogen and oxygen atoms in total. The minimum atomic E-state index is 0.590. The van der Waals surface area contributed by atoms with Gasteiger partial charge in [-0.25, -0.2) is 9.55 Å². The van der Waals surface area contributed by atoms with Crippen molar-refractivity contribution in [1.82, 2.24) is 4.98 Å². The van der Waals surface area contributed by atoms with E-state index >= 15 is 0 Å². The molecule has 1 aromatic carbocycles. The summed E-state index contributed by atoms with van der Waals surface area (Å²) in [4.78, 5) is 4.45. The van der Waals surface area contributed by atoms with Crippen molar-refractivity contribution in [2.45, 2.75) is 0 Å². The summed E-state index contributed by atoms with van der Waals surface area (Å²) in [5.74, 6) is 0.590. The van der Waals surface area contributed by atoms with Gasteiger partial charge in [0.1, 0.15) is 18.1 Å². The summed E-state index contributed by atoms with van der Waals surface area (Å²) in [6.07, 6.45) is 3.92. The van der Waals surface area contributed by atoms with Gasteiger partial charge in [0.25, 0.3) is 0 Å². The van der Waals surface area contributed by atoms with Crippen LogP contribution in [0.3, 0.4) is 0 Å². The fourth-order valence-electron chi connectivity index (χ4n) is 1.86. The number of aryl methyl sites for hydroxylation is 1. The van der Waals surface area contributed by atoms with Gasteiger partial charge < -0.3 is 10.2 Å². The molecule has 0 amide bonds. The average Bonchev–Trinajstić information content (AvgIpc) is 2.70. The first-order chi connectivity index (χ1) is 8.61. The molecule has 0 aliphatic heterocycles. The number of aromatic nitrogens is 2. The zero-order valence-electron chi connectivity index (χ0n) is 9.72. The Morgan fingerprint density at radius 3 is 2.89 bits per heavy atom. The zero-order valence-corrected chi connectivity index (χ0v) is 11.3. The van der Waals surface area contributed by atoms with Gasteiger partial charge in [-0.15, -0.1) is 0 Å². The molecule has 0 atom stereocenters. The van der Waals surface area contributed by atoms with Crippen molar-refractivity contribution in [2.24, 2.45) is 7.05 Å². The maximum atomic E-state index is 5.72. The van der Waals surface area contributed by atoms with Crippen LogP contribution in [-0.4, -0.2) is 4.98 Å². The number of nitrogen functional groups attached to an aromatic ring is 1. The Hall–Kier alpha value is -1.88. The van der Waals surface area contributed by atoms with E-state index in [2.05, 4.69) is 20.9 Å². The number of oxazole rings is 1. The van der Waals surface area contributed by atoms with E-state index in [1.54, 1.807) is 6.07 Å². The van der Waals surface area contributed by atoms with E-state index in [0.717, 1.165) is 15.6 Å². The molecule has 2 aromatic heterocycles. The van der Waals surface area contributed by atoms with Crippen LogP contribution in [0.2, 0.25) is 0 Å². The second-order valence-corrected chi connectivity index (χ2v) is 5.07. The summed E-state index contributed by atoms with van der Waals surface area (Å²) < 4.78 is 8.64. The predicted molar refractivity (Wildman–Crippen MR) is 72.7 cm³/mol. The average molecular weight is 305 g/mol. The molecule has 5 heteroatoms. The fraction of sp³-hybridized carbons (Fsp3) is 0.0769. The number of fused-ring (bicyclic) bond motifs is 1. The first-order valence-corrected chi connectivity index (χ1v) is 6.23. The summed E-state index contributed by atoms with van der Waals surface area (Å²) in [6.45, 7) is 0. The Morgan fingerprint density at radius 2 is 2.11 bits per heavy atom. The molecule has 0 saturated carbocycles. The number of benzene rings is 1. The normalized spacial score (nSPS) is 11.0. The molecule has 3 aromatic rings. The minimum Gasteiger partial charge on any atom is -0.436 e. The van der Waals surface area contributed by atoms with Crippen LogP contribution in [0.25, 0.3) is 22.6 Å². The van der Waals surface area contributed by atoms with E-state index in [1.807, 2.05) is 42.2 Å². The van der Waals surface area contributed by atoms with E-state index in [4.69, 9.17) is 10.2 Å². The van der Waals surface area contributed by atoms with Gasteiger partial charge >= 0.3 is 0 Å². The van der Waals surface area contributed by atoms with Crippen LogP contribution >= 0.6 is 15.9 Å². The molecule has 0 bridgehead atoms. The highest BCUT2D eigenvalue weighted by Crippen LogP contribution is 2.26. The molecule has 0 radical (unpaired) electrons. The van der Waals surface area contributed by atoms with Gasteiger partial charge in [0, 0.05) is 11.8 Å². The lowest BCUT2D eigenvalue weighted by Crippen LogP contribution is -2.26. The molecule has 90 valence electrons. The first-order valence-electron chi connectivity index (χ1n) is 5.44. The lowest BCUT2D eigenvalue weighted by molar-refractivity contribution is -0.671. The second-order valence-electron chi connectivity index (χ2n) is 4.15. The lowest BCUT2D eigenvalue weighted by atomic mass is 10.3. The summed E-state index contributed by atoms with van der Waals surface area (Å²) in [5.41, 5.74) is 8.82. The van der Waals surface area contributed by atoms with Crippen molar-refractivity contribution in [3.05, 3.63) is 41.1 Å². The van der Waals surface area contributed by atoms with Crippen LogP contribution in [-0.2, 0) is 7.05 Å². The summed E-state index contributed by atoms with van der Waals surface area (Å²) >= 11 is 3.46. The fourth-order valence-corrected chi connectivity index (χ4v) is 2.43. The molecule has 0 saturated heterocycles. The van der Waals surface area contributed by atoms with Crippen molar-refractivity contribution >= 4 is 32.7 Å². The Balaban J connectivity index is 2.19. The molecule has 0 aliphatic carbocycles. The molecule has 0 fully saturated rings. The molecular formula is C13H11BrN3O+. The van der Waals surface area contributed by atoms with Gasteiger partial charge in [-0.1, -0.05) is 0 Å². The van der Waals surface area contributed by atoms with Gasteiger partial charge in [0.05, 0.1) is 4.47 Å². The topological polar surface area (TPSA) is 55.9 Å². The Bertz CT molecular complexity index is 716. The maximum absolute atomic E-state index is 5.72. The second kappa shape index (κ2) is 4.10. The van der Waals surface area contributed by atoms with E-state index < -0.39 is 0 Å². The highest BCUT2D eigenvalue weighted by atomic mass is 79.9. The third-order valence-electron chi connectivity index (χ3n) is 2.62. The molecule has 2 heterocycles. The number of hydrogen-bond donors (Lipinski definition) is 1. The number of anilines is 1. The third-order valence-corrected chi connectivity index (χ3v) is 3.06. The molecule has 18 heavy (non-hydrogen) atoms. The van der Waals surface area contributed by atoms with Crippen molar-refractivity contribution in [1.29, 1.82) is 0 Å². The molecule has 3 rings (SSSR count). The summed E-state index contributed by atoms with van der Waals surface area (Å²) in [5, 5.41) is 0. The standard InChI is InChI=1S/C13H11BrN3O/c1-17-6-8(4-9(14)7-17)13-16-11-3-2-10(15)5-12(11)18-13/h2-7H,15H2,1H3/q+1. The van der Waals surface area contributed by atoms with E-state index in [0.29, 0.717) is 17.2 Å². The number of halogens is 1. The van der Waals surface area contributed by atoms with Crippen molar-refractivity contribution in [3.63, 3.8) is 0 Å². The van der Waals surface area contributed by atoms with E-state index in [1.165, 1.54) is 0 Å². The van der Waals surface area contributed by atoms with Gasteiger partial charge in [-0.2, -0.15) is 0 Å². The van der Waals surface area contributed by atoms with Crippen LogP contribution in [0.15, 0.2) is 45.5 Å². The number of pyridine rings is 1. The van der Waals surface area contributed by atoms with Crippen LogP contribution in [0.1, 0.15) is 0 Å². The highest BCUT2D eigenvalue weighted by Gasteiger charge is 2.12. The van der Waals surface area contributed by atoms with Gasteiger partial charge in [-0.3, -0.25) is 0 Å². The number of hydrogen-bond acceptors (Lipinski definition) is 3. The summed E-state index contributed by atoms with van der Waals surface area (Å²) in [6, 6.07) is 7.42. The molecule has 0 unspecified atom stereocenters. The van der Waals surface area contributed by atoms with E-state index in [9.17, 15) is 0 Å². The van der Waals surface area contributed by atoms with E-state index in [-0.39, 0.29) is 0 Å². The largest absolute Gasteiger partial charge is 0.436 e. The van der Waals surface area contributed by atoms with Crippen molar-refractivity contribution in [2.75, 3.05) is 5.73 Å². The Kier molecular flexibility index (Phi) is 2.56. The van der Waals surface area contributed by atoms with Crippen molar-refractivity contribution < 1.29 is 8.98 Å². The predicted octanol–water partition coefficient (Wildman–Crippen LogP) is 2.66. The maximum Gasteiger partial charge on any atom is 0.233 e. The van der Waals surface area contributed by atoms with Crippen LogP contribution in [0.4, 0.5) is 5.69 Å². The smallest absolute Gasteiger partial charge is 0.233 e. The van der Waals surface area contributed by atoms with Crippen LogP contribution in [0.5, 0.6) is 0 Å². The molecule has 0 spiro atoms. The quantitative estimate of drug-likeness (QED) is 0.555. The van der Waals surface area contributed by atoms with Crippen molar-refractivity contribution in [3.8, 4) is 11.5 Å². The minimum absolute atomic E-state index is 0.590. The third kappa shape index (κ3) is 1.97. The SMILES string of the molecule is C[n+]1cc(Br)cc(-c2nc3ccc(N)cc3o2)c1. The molecule has 0 aliphatic rings. The monoisotopic (exact) mass is 304 g/mol. The Labute approximate surface area is 112 Å². The number of rotatable bonds is 1. The number of nitrogens with zero attached hydrogens (tertiary/aromatic N) is 2. The molecular weight excluding hydrogens is 294 g/mol. The van der Waals surface area contributed by atoms with Crippen LogP contribution in [0, 0.1) is 0 Å². The Morgan fingerprint density at radius 1 is 1.28 bits per heavy atom.